The van der Waals surface area contributed by atoms with Crippen LogP contribution in [0.5, 0.6) is 0 Å². The summed E-state index contributed by atoms with van der Waals surface area (Å²) in [5, 5.41) is 12.9. The quantitative estimate of drug-likeness (QED) is 0.807. The number of carboxylic acid groups (broad SMARTS) is 1. The number of carboxylic acids is 1. The molecule has 1 rings (SSSR count). The highest BCUT2D eigenvalue weighted by molar-refractivity contribution is 9.10. The Kier molecular flexibility index (Phi) is 4.09. The second-order valence-corrected chi connectivity index (χ2v) is 4.37. The van der Waals surface area contributed by atoms with E-state index < -0.39 is 12.0 Å². The third kappa shape index (κ3) is 2.81. The number of thiophene rings is 1. The summed E-state index contributed by atoms with van der Waals surface area (Å²) < 4.78 is 0.822. The minimum atomic E-state index is -0.940. The van der Waals surface area contributed by atoms with Gasteiger partial charge < -0.3 is 10.4 Å². The van der Waals surface area contributed by atoms with E-state index in [9.17, 15) is 9.59 Å². The zero-order valence-corrected chi connectivity index (χ0v) is 9.47. The first kappa shape index (κ1) is 11.2. The van der Waals surface area contributed by atoms with Gasteiger partial charge in [-0.3, -0.25) is 9.59 Å². The highest BCUT2D eigenvalue weighted by atomic mass is 79.9. The molecule has 0 radical (unpaired) electrons. The maximum Gasteiger partial charge on any atom is 0.305 e. The Morgan fingerprint density at radius 2 is 2.50 bits per heavy atom. The minimum Gasteiger partial charge on any atom is -0.481 e. The van der Waals surface area contributed by atoms with Crippen molar-refractivity contribution in [3.05, 3.63) is 20.8 Å². The minimum absolute atomic E-state index is 0.113. The van der Waals surface area contributed by atoms with E-state index in [2.05, 4.69) is 21.2 Å². The number of hydrogen-bond acceptors (Lipinski definition) is 3. The number of carbonyl (C=O) groups excluding carboxylic acids is 1. The highest BCUT2D eigenvalue weighted by Gasteiger charge is 2.18. The SMILES string of the molecule is O=CNC(CC(=O)O)c1sccc1Br. The van der Waals surface area contributed by atoms with E-state index in [4.69, 9.17) is 5.11 Å². The third-order valence-corrected chi connectivity index (χ3v) is 3.59. The van der Waals surface area contributed by atoms with Crippen molar-refractivity contribution in [1.29, 1.82) is 0 Å². The lowest BCUT2D eigenvalue weighted by Crippen LogP contribution is -2.21. The summed E-state index contributed by atoms with van der Waals surface area (Å²) in [6.07, 6.45) is 0.400. The molecule has 4 nitrogen and oxygen atoms in total. The van der Waals surface area contributed by atoms with E-state index in [0.717, 1.165) is 9.35 Å². The number of carbonyl (C=O) groups is 2. The van der Waals surface area contributed by atoms with Gasteiger partial charge in [-0.1, -0.05) is 0 Å². The van der Waals surface area contributed by atoms with E-state index in [1.807, 2.05) is 11.4 Å². The van der Waals surface area contributed by atoms with Crippen molar-refractivity contribution in [1.82, 2.24) is 5.32 Å². The number of hydrogen-bond donors (Lipinski definition) is 2. The molecule has 0 fully saturated rings. The van der Waals surface area contributed by atoms with Crippen LogP contribution in [0.3, 0.4) is 0 Å². The molecular weight excluding hydrogens is 270 g/mol. The molecule has 2 N–H and O–H groups in total. The monoisotopic (exact) mass is 277 g/mol. The van der Waals surface area contributed by atoms with Crippen LogP contribution < -0.4 is 5.32 Å². The molecule has 1 unspecified atom stereocenters. The molecule has 1 heterocycles. The molecule has 0 aliphatic rings. The largest absolute Gasteiger partial charge is 0.481 e. The standard InChI is InChI=1S/C8H8BrNO3S/c9-5-1-2-14-8(5)6(10-4-11)3-7(12)13/h1-2,4,6H,3H2,(H,10,11)(H,12,13). The van der Waals surface area contributed by atoms with Crippen LogP contribution in [0.2, 0.25) is 0 Å². The van der Waals surface area contributed by atoms with E-state index in [0.29, 0.717) is 6.41 Å². The highest BCUT2D eigenvalue weighted by Crippen LogP contribution is 2.30. The van der Waals surface area contributed by atoms with Crippen LogP contribution in [0.1, 0.15) is 17.3 Å². The van der Waals surface area contributed by atoms with Gasteiger partial charge >= 0.3 is 5.97 Å². The van der Waals surface area contributed by atoms with Gasteiger partial charge in [0.15, 0.2) is 0 Å². The van der Waals surface area contributed by atoms with Gasteiger partial charge in [-0.05, 0) is 27.4 Å². The Hall–Kier alpha value is -0.880. The van der Waals surface area contributed by atoms with Crippen molar-refractivity contribution in [3.8, 4) is 0 Å². The number of amides is 1. The number of aliphatic carboxylic acids is 1. The van der Waals surface area contributed by atoms with Gasteiger partial charge in [-0.25, -0.2) is 0 Å². The summed E-state index contributed by atoms with van der Waals surface area (Å²) >= 11 is 4.70. The van der Waals surface area contributed by atoms with E-state index in [1.165, 1.54) is 11.3 Å². The first-order valence-electron chi connectivity index (χ1n) is 3.79. The summed E-state index contributed by atoms with van der Waals surface area (Å²) in [5.74, 6) is -0.940. The molecule has 0 bridgehead atoms. The van der Waals surface area contributed by atoms with E-state index in [-0.39, 0.29) is 6.42 Å². The van der Waals surface area contributed by atoms with Gasteiger partial charge in [0.1, 0.15) is 0 Å². The molecule has 0 spiro atoms. The van der Waals surface area contributed by atoms with Crippen molar-refractivity contribution in [2.24, 2.45) is 0 Å². The smallest absolute Gasteiger partial charge is 0.305 e. The maximum absolute atomic E-state index is 10.5. The van der Waals surface area contributed by atoms with Crippen LogP contribution in [0.4, 0.5) is 0 Å². The second kappa shape index (κ2) is 5.11. The van der Waals surface area contributed by atoms with Gasteiger partial charge in [0.25, 0.3) is 0 Å². The molecule has 6 heteroatoms. The zero-order chi connectivity index (χ0) is 10.6. The van der Waals surface area contributed by atoms with Crippen molar-refractivity contribution in [3.63, 3.8) is 0 Å². The molecular formula is C8H8BrNO3S. The molecule has 0 aliphatic carbocycles. The molecule has 1 amide bonds. The molecule has 0 aromatic carbocycles. The van der Waals surface area contributed by atoms with E-state index >= 15 is 0 Å². The average Bonchev–Trinajstić information content (AvgIpc) is 2.50. The molecule has 14 heavy (non-hydrogen) atoms. The Morgan fingerprint density at radius 1 is 1.79 bits per heavy atom. The molecule has 1 atom stereocenters. The lowest BCUT2D eigenvalue weighted by atomic mass is 10.2. The third-order valence-electron chi connectivity index (χ3n) is 1.61. The summed E-state index contributed by atoms with van der Waals surface area (Å²) in [4.78, 5) is 21.6. The van der Waals surface area contributed by atoms with Crippen molar-refractivity contribution < 1.29 is 14.7 Å². The molecule has 0 aliphatic heterocycles. The fourth-order valence-electron chi connectivity index (χ4n) is 1.04. The fourth-order valence-corrected chi connectivity index (χ4v) is 2.75. The first-order valence-corrected chi connectivity index (χ1v) is 5.46. The zero-order valence-electron chi connectivity index (χ0n) is 7.07. The first-order chi connectivity index (χ1) is 6.65. The maximum atomic E-state index is 10.5. The predicted octanol–water partition coefficient (Wildman–Crippen LogP) is 1.77. The summed E-state index contributed by atoms with van der Waals surface area (Å²) in [6, 6.07) is 1.36. The lowest BCUT2D eigenvalue weighted by Gasteiger charge is -2.12. The Balaban J connectivity index is 2.82. The summed E-state index contributed by atoms with van der Waals surface area (Å²) in [7, 11) is 0. The van der Waals surface area contributed by atoms with Crippen LogP contribution >= 0.6 is 27.3 Å². The van der Waals surface area contributed by atoms with Crippen LogP contribution in [-0.4, -0.2) is 17.5 Å². The Morgan fingerprint density at radius 3 is 2.93 bits per heavy atom. The normalized spacial score (nSPS) is 12.1. The topological polar surface area (TPSA) is 66.4 Å². The van der Waals surface area contributed by atoms with E-state index in [1.54, 1.807) is 0 Å². The van der Waals surface area contributed by atoms with Crippen molar-refractivity contribution in [2.45, 2.75) is 12.5 Å². The number of halogens is 1. The molecule has 0 saturated heterocycles. The molecule has 0 saturated carbocycles. The van der Waals surface area contributed by atoms with Gasteiger partial charge in [-0.2, -0.15) is 0 Å². The Bertz CT molecular complexity index is 339. The van der Waals surface area contributed by atoms with Crippen molar-refractivity contribution >= 4 is 39.6 Å². The van der Waals surface area contributed by atoms with Gasteiger partial charge in [-0.15, -0.1) is 11.3 Å². The molecule has 1 aromatic heterocycles. The lowest BCUT2D eigenvalue weighted by molar-refractivity contribution is -0.137. The number of rotatable bonds is 5. The summed E-state index contributed by atoms with van der Waals surface area (Å²) in [6.45, 7) is 0. The average molecular weight is 278 g/mol. The second-order valence-electron chi connectivity index (χ2n) is 2.57. The van der Waals surface area contributed by atoms with Gasteiger partial charge in [0.2, 0.25) is 6.41 Å². The summed E-state index contributed by atoms with van der Waals surface area (Å²) in [5.41, 5.74) is 0. The van der Waals surface area contributed by atoms with Crippen LogP contribution in [-0.2, 0) is 9.59 Å². The Labute approximate surface area is 93.1 Å². The number of nitrogens with one attached hydrogen (secondary N) is 1. The van der Waals surface area contributed by atoms with Crippen LogP contribution in [0.25, 0.3) is 0 Å². The van der Waals surface area contributed by atoms with Crippen LogP contribution in [0, 0.1) is 0 Å². The molecule has 76 valence electrons. The van der Waals surface area contributed by atoms with Crippen LogP contribution in [0.15, 0.2) is 15.9 Å². The predicted molar refractivity (Wildman–Crippen MR) is 56.2 cm³/mol. The van der Waals surface area contributed by atoms with Crippen molar-refractivity contribution in [2.75, 3.05) is 0 Å². The fraction of sp³-hybridized carbons (Fsp3) is 0.250. The molecule has 1 aromatic rings. The van der Waals surface area contributed by atoms with Gasteiger partial charge in [0.05, 0.1) is 12.5 Å². The van der Waals surface area contributed by atoms with Gasteiger partial charge in [0, 0.05) is 9.35 Å².